The first-order valence-electron chi connectivity index (χ1n) is 10.8. The molecule has 2 saturated heterocycles. The molecule has 1 aromatic carbocycles. The standard InChI is InChI=1S/C21H35N5O2S/c1-3-12-25-15-10-19(11-16-25)24-21(22-2)23-17-18-6-8-20(9-7-18)29(27,28)26-13-4-5-14-26/h6-9,19H,3-5,10-17H2,1-2H3,(H2,22,23,24). The van der Waals surface area contributed by atoms with Crippen molar-refractivity contribution in [3.05, 3.63) is 29.8 Å². The molecule has 0 bridgehead atoms. The van der Waals surface area contributed by atoms with Crippen LogP contribution in [0.15, 0.2) is 34.2 Å². The number of hydrogen-bond donors (Lipinski definition) is 2. The lowest BCUT2D eigenvalue weighted by molar-refractivity contribution is 0.206. The van der Waals surface area contributed by atoms with Crippen LogP contribution in [-0.4, -0.2) is 69.4 Å². The van der Waals surface area contributed by atoms with Crippen molar-refractivity contribution in [2.45, 2.75) is 56.5 Å². The van der Waals surface area contributed by atoms with Gasteiger partial charge in [0.1, 0.15) is 0 Å². The fourth-order valence-electron chi connectivity index (χ4n) is 4.05. The lowest BCUT2D eigenvalue weighted by Crippen LogP contribution is -2.48. The number of nitrogens with one attached hydrogen (secondary N) is 2. The first-order chi connectivity index (χ1) is 14.0. The summed E-state index contributed by atoms with van der Waals surface area (Å²) in [5.74, 6) is 0.799. The van der Waals surface area contributed by atoms with E-state index in [2.05, 4.69) is 27.4 Å². The second-order valence-corrected chi connectivity index (χ2v) is 9.88. The Balaban J connectivity index is 1.48. The van der Waals surface area contributed by atoms with E-state index in [1.54, 1.807) is 23.5 Å². The average Bonchev–Trinajstić information content (AvgIpc) is 3.29. The molecule has 8 heteroatoms. The molecule has 0 aromatic heterocycles. The van der Waals surface area contributed by atoms with Gasteiger partial charge in [-0.25, -0.2) is 8.42 Å². The van der Waals surface area contributed by atoms with E-state index >= 15 is 0 Å². The van der Waals surface area contributed by atoms with E-state index in [0.717, 1.165) is 50.3 Å². The maximum atomic E-state index is 12.6. The van der Waals surface area contributed by atoms with Gasteiger partial charge in [0.2, 0.25) is 10.0 Å². The van der Waals surface area contributed by atoms with Gasteiger partial charge in [-0.05, 0) is 56.3 Å². The second-order valence-electron chi connectivity index (χ2n) is 7.94. The largest absolute Gasteiger partial charge is 0.354 e. The van der Waals surface area contributed by atoms with E-state index in [1.807, 2.05) is 12.1 Å². The minimum atomic E-state index is -3.35. The molecule has 2 N–H and O–H groups in total. The molecule has 2 fully saturated rings. The van der Waals surface area contributed by atoms with E-state index < -0.39 is 10.0 Å². The third-order valence-corrected chi connectivity index (χ3v) is 7.69. The minimum Gasteiger partial charge on any atom is -0.354 e. The highest BCUT2D eigenvalue weighted by molar-refractivity contribution is 7.89. The van der Waals surface area contributed by atoms with Crippen LogP contribution in [0.25, 0.3) is 0 Å². The molecule has 2 aliphatic heterocycles. The number of benzene rings is 1. The summed E-state index contributed by atoms with van der Waals surface area (Å²) >= 11 is 0. The van der Waals surface area contributed by atoms with Gasteiger partial charge in [-0.2, -0.15) is 4.31 Å². The van der Waals surface area contributed by atoms with Crippen LogP contribution in [0.2, 0.25) is 0 Å². The normalized spacial score (nSPS) is 20.1. The molecule has 29 heavy (non-hydrogen) atoms. The van der Waals surface area contributed by atoms with Crippen LogP contribution in [0.1, 0.15) is 44.6 Å². The number of piperidine rings is 1. The van der Waals surface area contributed by atoms with Crippen LogP contribution in [-0.2, 0) is 16.6 Å². The Kier molecular flexibility index (Phi) is 7.91. The number of rotatable bonds is 7. The molecule has 0 radical (unpaired) electrons. The molecule has 7 nitrogen and oxygen atoms in total. The molecular formula is C21H35N5O2S. The molecule has 0 unspecified atom stereocenters. The summed E-state index contributed by atoms with van der Waals surface area (Å²) in [6.07, 6.45) is 5.36. The maximum absolute atomic E-state index is 12.6. The number of hydrogen-bond acceptors (Lipinski definition) is 4. The molecule has 162 valence electrons. The molecule has 0 atom stereocenters. The van der Waals surface area contributed by atoms with Crippen LogP contribution >= 0.6 is 0 Å². The molecule has 0 aliphatic carbocycles. The van der Waals surface area contributed by atoms with Crippen LogP contribution in [0.3, 0.4) is 0 Å². The van der Waals surface area contributed by atoms with E-state index in [4.69, 9.17) is 0 Å². The quantitative estimate of drug-likeness (QED) is 0.520. The summed E-state index contributed by atoms with van der Waals surface area (Å²) in [7, 11) is -1.56. The van der Waals surface area contributed by atoms with Crippen molar-refractivity contribution >= 4 is 16.0 Å². The number of nitrogens with zero attached hydrogens (tertiary/aromatic N) is 3. The summed E-state index contributed by atoms with van der Waals surface area (Å²) in [5, 5.41) is 6.87. The van der Waals surface area contributed by atoms with Gasteiger partial charge < -0.3 is 15.5 Å². The van der Waals surface area contributed by atoms with Gasteiger partial charge >= 0.3 is 0 Å². The number of aliphatic imine (C=N–C) groups is 1. The molecule has 1 aromatic rings. The Morgan fingerprint density at radius 3 is 2.34 bits per heavy atom. The topological polar surface area (TPSA) is 77.0 Å². The van der Waals surface area contributed by atoms with Crippen molar-refractivity contribution in [1.82, 2.24) is 19.8 Å². The van der Waals surface area contributed by atoms with Crippen molar-refractivity contribution in [1.29, 1.82) is 0 Å². The zero-order valence-electron chi connectivity index (χ0n) is 17.7. The average molecular weight is 422 g/mol. The van der Waals surface area contributed by atoms with Crippen molar-refractivity contribution in [2.24, 2.45) is 4.99 Å². The summed E-state index contributed by atoms with van der Waals surface area (Å²) in [6, 6.07) is 7.63. The third kappa shape index (κ3) is 5.93. The SMILES string of the molecule is CCCN1CCC(NC(=NC)NCc2ccc(S(=O)(=O)N3CCCC3)cc2)CC1. The first-order valence-corrected chi connectivity index (χ1v) is 12.3. The van der Waals surface area contributed by atoms with Gasteiger partial charge in [0.15, 0.2) is 5.96 Å². The highest BCUT2D eigenvalue weighted by atomic mass is 32.2. The highest BCUT2D eigenvalue weighted by Gasteiger charge is 2.26. The van der Waals surface area contributed by atoms with Crippen molar-refractivity contribution in [2.75, 3.05) is 39.8 Å². The minimum absolute atomic E-state index is 0.379. The number of likely N-dealkylation sites (tertiary alicyclic amines) is 1. The van der Waals surface area contributed by atoms with Crippen molar-refractivity contribution in [3.8, 4) is 0 Å². The molecule has 0 amide bonds. The van der Waals surface area contributed by atoms with E-state index in [0.29, 0.717) is 30.6 Å². The van der Waals surface area contributed by atoms with E-state index in [-0.39, 0.29) is 0 Å². The van der Waals surface area contributed by atoms with Crippen LogP contribution in [0.5, 0.6) is 0 Å². The lowest BCUT2D eigenvalue weighted by Gasteiger charge is -2.32. The van der Waals surface area contributed by atoms with E-state index in [9.17, 15) is 8.42 Å². The summed E-state index contributed by atoms with van der Waals surface area (Å²) in [5.41, 5.74) is 1.03. The Hall–Kier alpha value is -1.64. The van der Waals surface area contributed by atoms with Crippen molar-refractivity contribution < 1.29 is 8.42 Å². The van der Waals surface area contributed by atoms with Crippen molar-refractivity contribution in [3.63, 3.8) is 0 Å². The second kappa shape index (κ2) is 10.4. The van der Waals surface area contributed by atoms with Crippen LogP contribution < -0.4 is 10.6 Å². The maximum Gasteiger partial charge on any atom is 0.243 e. The smallest absolute Gasteiger partial charge is 0.243 e. The molecular weight excluding hydrogens is 386 g/mol. The van der Waals surface area contributed by atoms with Crippen LogP contribution in [0.4, 0.5) is 0 Å². The fourth-order valence-corrected chi connectivity index (χ4v) is 5.56. The van der Waals surface area contributed by atoms with Gasteiger partial charge in [-0.15, -0.1) is 0 Å². The first kappa shape index (κ1) is 22.1. The summed E-state index contributed by atoms with van der Waals surface area (Å²) < 4.78 is 26.8. The zero-order chi connectivity index (χ0) is 20.7. The van der Waals surface area contributed by atoms with E-state index in [1.165, 1.54) is 13.0 Å². The van der Waals surface area contributed by atoms with Gasteiger partial charge in [0, 0.05) is 45.8 Å². The zero-order valence-corrected chi connectivity index (χ0v) is 18.5. The van der Waals surface area contributed by atoms with Gasteiger partial charge in [0.05, 0.1) is 4.90 Å². The van der Waals surface area contributed by atoms with Crippen LogP contribution in [0, 0.1) is 0 Å². The molecule has 3 rings (SSSR count). The predicted molar refractivity (Wildman–Crippen MR) is 118 cm³/mol. The Morgan fingerprint density at radius 1 is 1.10 bits per heavy atom. The Bertz CT molecular complexity index is 765. The molecule has 2 heterocycles. The Labute approximate surface area is 175 Å². The molecule has 0 spiro atoms. The highest BCUT2D eigenvalue weighted by Crippen LogP contribution is 2.21. The number of sulfonamides is 1. The molecule has 2 aliphatic rings. The van der Waals surface area contributed by atoms with Gasteiger partial charge in [-0.1, -0.05) is 19.1 Å². The van der Waals surface area contributed by atoms with Gasteiger partial charge in [-0.3, -0.25) is 4.99 Å². The monoisotopic (exact) mass is 421 g/mol. The van der Waals surface area contributed by atoms with Gasteiger partial charge in [0.25, 0.3) is 0 Å². The summed E-state index contributed by atoms with van der Waals surface area (Å²) in [6.45, 7) is 7.55. The molecule has 0 saturated carbocycles. The number of guanidine groups is 1. The summed E-state index contributed by atoms with van der Waals surface area (Å²) in [4.78, 5) is 7.24. The predicted octanol–water partition coefficient (Wildman–Crippen LogP) is 2.01. The Morgan fingerprint density at radius 2 is 1.76 bits per heavy atom. The third-order valence-electron chi connectivity index (χ3n) is 5.78. The fraction of sp³-hybridized carbons (Fsp3) is 0.667. The lowest BCUT2D eigenvalue weighted by atomic mass is 10.1.